The summed E-state index contributed by atoms with van der Waals surface area (Å²) in [5.41, 5.74) is 1.06. The first kappa shape index (κ1) is 19.4. The third-order valence-electron chi connectivity index (χ3n) is 5.16. The number of nitrogens with zero attached hydrogens (tertiary/aromatic N) is 5. The molecule has 3 aromatic rings. The SMILES string of the molecule is Oc1cccc(C2CCN(Cc3cn(-c4cc(C(F)(F)F)ccn4)nn3)CC2)c1. The maximum Gasteiger partial charge on any atom is 0.416 e. The molecule has 3 heterocycles. The molecule has 0 spiro atoms. The summed E-state index contributed by atoms with van der Waals surface area (Å²) < 4.78 is 39.9. The minimum absolute atomic E-state index is 0.0844. The van der Waals surface area contributed by atoms with Crippen LogP contribution in [0, 0.1) is 0 Å². The van der Waals surface area contributed by atoms with Crippen molar-refractivity contribution in [2.45, 2.75) is 31.5 Å². The molecule has 0 saturated carbocycles. The molecule has 1 fully saturated rings. The number of rotatable bonds is 4. The van der Waals surface area contributed by atoms with E-state index in [-0.39, 0.29) is 11.6 Å². The van der Waals surface area contributed by atoms with Crippen molar-refractivity contribution in [3.63, 3.8) is 0 Å². The highest BCUT2D eigenvalue weighted by atomic mass is 19.4. The standard InChI is InChI=1S/C20H20F3N5O/c21-20(22,23)16-4-7-24-19(11-16)28-13-17(25-26-28)12-27-8-5-14(6-9-27)15-2-1-3-18(29)10-15/h1-4,7,10-11,13-14,29H,5-6,8-9,12H2. The molecule has 0 bridgehead atoms. The number of aromatic hydroxyl groups is 1. The first-order chi connectivity index (χ1) is 13.9. The lowest BCUT2D eigenvalue weighted by molar-refractivity contribution is -0.137. The van der Waals surface area contributed by atoms with Crippen LogP contribution in [0.15, 0.2) is 48.8 Å². The lowest BCUT2D eigenvalue weighted by Gasteiger charge is -2.31. The number of phenolic OH excluding ortho intramolecular Hbond substituents is 1. The van der Waals surface area contributed by atoms with E-state index in [1.807, 2.05) is 18.2 Å². The fourth-order valence-electron chi connectivity index (χ4n) is 3.64. The summed E-state index contributed by atoms with van der Waals surface area (Å²) in [5.74, 6) is 0.772. The molecule has 4 rings (SSSR count). The van der Waals surface area contributed by atoms with E-state index in [2.05, 4.69) is 20.2 Å². The van der Waals surface area contributed by atoms with Gasteiger partial charge < -0.3 is 5.11 Å². The molecule has 1 aliphatic rings. The van der Waals surface area contributed by atoms with Crippen LogP contribution < -0.4 is 0 Å². The third kappa shape index (κ3) is 4.56. The summed E-state index contributed by atoms with van der Waals surface area (Å²) in [7, 11) is 0. The predicted molar refractivity (Wildman–Crippen MR) is 99.5 cm³/mol. The Balaban J connectivity index is 1.38. The van der Waals surface area contributed by atoms with E-state index in [0.29, 0.717) is 18.2 Å². The summed E-state index contributed by atoms with van der Waals surface area (Å²) >= 11 is 0. The molecule has 0 atom stereocenters. The summed E-state index contributed by atoms with van der Waals surface area (Å²) in [6.07, 6.45) is 0.232. The number of benzene rings is 1. The summed E-state index contributed by atoms with van der Waals surface area (Å²) in [5, 5.41) is 17.7. The smallest absolute Gasteiger partial charge is 0.416 e. The minimum Gasteiger partial charge on any atom is -0.508 e. The minimum atomic E-state index is -4.43. The zero-order valence-electron chi connectivity index (χ0n) is 15.5. The van der Waals surface area contributed by atoms with Crippen molar-refractivity contribution in [3.05, 3.63) is 65.6 Å². The lowest BCUT2D eigenvalue weighted by Crippen LogP contribution is -2.32. The first-order valence-corrected chi connectivity index (χ1v) is 9.34. The number of piperidine rings is 1. The fourth-order valence-corrected chi connectivity index (χ4v) is 3.64. The van der Waals surface area contributed by atoms with Gasteiger partial charge in [0.2, 0.25) is 0 Å². The maximum absolute atomic E-state index is 12.9. The number of phenols is 1. The van der Waals surface area contributed by atoms with Crippen molar-refractivity contribution in [2.24, 2.45) is 0 Å². The molecule has 152 valence electrons. The van der Waals surface area contributed by atoms with Crippen LogP contribution in [0.4, 0.5) is 13.2 Å². The van der Waals surface area contributed by atoms with Gasteiger partial charge in [0.05, 0.1) is 17.5 Å². The zero-order valence-corrected chi connectivity index (χ0v) is 15.5. The van der Waals surface area contributed by atoms with Gasteiger partial charge in [0.1, 0.15) is 5.75 Å². The van der Waals surface area contributed by atoms with Crippen LogP contribution >= 0.6 is 0 Å². The van der Waals surface area contributed by atoms with Gasteiger partial charge in [0, 0.05) is 12.7 Å². The Bertz CT molecular complexity index is 980. The van der Waals surface area contributed by atoms with Gasteiger partial charge in [-0.25, -0.2) is 9.67 Å². The maximum atomic E-state index is 12.9. The molecule has 0 amide bonds. The molecule has 0 unspecified atom stereocenters. The van der Waals surface area contributed by atoms with E-state index >= 15 is 0 Å². The fraction of sp³-hybridized carbons (Fsp3) is 0.350. The first-order valence-electron chi connectivity index (χ1n) is 9.34. The molecule has 9 heteroatoms. The molecular formula is C20H20F3N5O. The Labute approximate surface area is 165 Å². The van der Waals surface area contributed by atoms with E-state index in [1.54, 1.807) is 12.3 Å². The average molecular weight is 403 g/mol. The average Bonchev–Trinajstić information content (AvgIpc) is 3.17. The quantitative estimate of drug-likeness (QED) is 0.718. The van der Waals surface area contributed by atoms with Crippen LogP contribution in [0.25, 0.3) is 5.82 Å². The van der Waals surface area contributed by atoms with Gasteiger partial charge in [0.25, 0.3) is 0 Å². The second-order valence-electron chi connectivity index (χ2n) is 7.20. The van der Waals surface area contributed by atoms with Crippen molar-refractivity contribution in [3.8, 4) is 11.6 Å². The highest BCUT2D eigenvalue weighted by Crippen LogP contribution is 2.31. The largest absolute Gasteiger partial charge is 0.508 e. The van der Waals surface area contributed by atoms with Gasteiger partial charge in [-0.3, -0.25) is 4.90 Å². The van der Waals surface area contributed by atoms with Gasteiger partial charge >= 0.3 is 6.18 Å². The number of pyridine rings is 1. The Morgan fingerprint density at radius 1 is 1.10 bits per heavy atom. The van der Waals surface area contributed by atoms with E-state index in [9.17, 15) is 18.3 Å². The monoisotopic (exact) mass is 403 g/mol. The van der Waals surface area contributed by atoms with Gasteiger partial charge in [-0.2, -0.15) is 13.2 Å². The summed E-state index contributed by atoms with van der Waals surface area (Å²) in [6.45, 7) is 2.32. The highest BCUT2D eigenvalue weighted by Gasteiger charge is 2.31. The topological polar surface area (TPSA) is 67.1 Å². The van der Waals surface area contributed by atoms with Crippen molar-refractivity contribution in [1.82, 2.24) is 24.9 Å². The second kappa shape index (κ2) is 7.82. The number of hydrogen-bond donors (Lipinski definition) is 1. The number of likely N-dealkylation sites (tertiary alicyclic amines) is 1. The zero-order chi connectivity index (χ0) is 20.4. The highest BCUT2D eigenvalue weighted by molar-refractivity contribution is 5.30. The molecule has 1 aromatic carbocycles. The third-order valence-corrected chi connectivity index (χ3v) is 5.16. The molecular weight excluding hydrogens is 383 g/mol. The molecule has 2 aromatic heterocycles. The van der Waals surface area contributed by atoms with Crippen molar-refractivity contribution >= 4 is 0 Å². The molecule has 6 nitrogen and oxygen atoms in total. The van der Waals surface area contributed by atoms with Crippen molar-refractivity contribution < 1.29 is 18.3 Å². The molecule has 29 heavy (non-hydrogen) atoms. The van der Waals surface area contributed by atoms with E-state index in [4.69, 9.17) is 0 Å². The van der Waals surface area contributed by atoms with Crippen molar-refractivity contribution in [1.29, 1.82) is 0 Å². The number of alkyl halides is 3. The molecule has 0 radical (unpaired) electrons. The Morgan fingerprint density at radius 2 is 1.90 bits per heavy atom. The van der Waals surface area contributed by atoms with E-state index in [0.717, 1.165) is 49.8 Å². The van der Waals surface area contributed by atoms with Crippen LogP contribution in [-0.4, -0.2) is 43.1 Å². The Kier molecular flexibility index (Phi) is 5.23. The number of halogens is 3. The van der Waals surface area contributed by atoms with Crippen molar-refractivity contribution in [2.75, 3.05) is 13.1 Å². The molecule has 0 aliphatic carbocycles. The normalized spacial score (nSPS) is 16.2. The van der Waals surface area contributed by atoms with E-state index in [1.165, 1.54) is 4.68 Å². The van der Waals surface area contributed by atoms with E-state index < -0.39 is 11.7 Å². The predicted octanol–water partition coefficient (Wildman–Crippen LogP) is 3.77. The summed E-state index contributed by atoms with van der Waals surface area (Å²) in [6, 6.07) is 9.26. The van der Waals surface area contributed by atoms with Crippen LogP contribution in [0.3, 0.4) is 0 Å². The number of aromatic nitrogens is 4. The van der Waals surface area contributed by atoms with Gasteiger partial charge in [-0.1, -0.05) is 17.3 Å². The van der Waals surface area contributed by atoms with Gasteiger partial charge in [-0.05, 0) is 61.7 Å². The Morgan fingerprint density at radius 3 is 2.62 bits per heavy atom. The number of hydrogen-bond acceptors (Lipinski definition) is 5. The van der Waals surface area contributed by atoms with Crippen LogP contribution in [0.1, 0.15) is 35.6 Å². The van der Waals surface area contributed by atoms with Gasteiger partial charge in [0.15, 0.2) is 5.82 Å². The Hall–Kier alpha value is -2.94. The van der Waals surface area contributed by atoms with Crippen LogP contribution in [0.2, 0.25) is 0 Å². The molecule has 1 N–H and O–H groups in total. The molecule has 1 aliphatic heterocycles. The molecule has 1 saturated heterocycles. The summed E-state index contributed by atoms with van der Waals surface area (Å²) in [4.78, 5) is 6.20. The van der Waals surface area contributed by atoms with Crippen LogP contribution in [0.5, 0.6) is 5.75 Å². The lowest BCUT2D eigenvalue weighted by atomic mass is 9.89. The van der Waals surface area contributed by atoms with Crippen LogP contribution in [-0.2, 0) is 12.7 Å². The second-order valence-corrected chi connectivity index (χ2v) is 7.20. The van der Waals surface area contributed by atoms with Gasteiger partial charge in [-0.15, -0.1) is 5.10 Å².